The molecule has 0 spiro atoms. The number of hydrogen-bond donors (Lipinski definition) is 4. The van der Waals surface area contributed by atoms with E-state index in [9.17, 15) is 39.2 Å². The maximum atomic E-state index is 15.8. The number of benzene rings is 1. The van der Waals surface area contributed by atoms with Gasteiger partial charge in [-0.15, -0.1) is 0 Å². The van der Waals surface area contributed by atoms with E-state index in [0.717, 1.165) is 12.1 Å². The molecule has 23 nitrogen and oxygen atoms in total. The first-order valence-corrected chi connectivity index (χ1v) is 27.5. The number of aliphatic hydroxyl groups excluding tert-OH is 2. The minimum atomic E-state index is -1.92. The second kappa shape index (κ2) is 26.7. The second-order valence-corrected chi connectivity index (χ2v) is 23.4. The van der Waals surface area contributed by atoms with Gasteiger partial charge in [-0.3, -0.25) is 14.4 Å². The highest BCUT2D eigenvalue weighted by Crippen LogP contribution is 2.41. The lowest BCUT2D eigenvalue weighted by Crippen LogP contribution is -2.61. The Hall–Kier alpha value is -4.67. The molecule has 0 aliphatic carbocycles. The number of aliphatic hydroxyl groups is 4. The highest BCUT2D eigenvalue weighted by Gasteiger charge is 2.54. The van der Waals surface area contributed by atoms with Crippen LogP contribution in [-0.4, -0.2) is 203 Å². The predicted molar refractivity (Wildman–Crippen MR) is 281 cm³/mol. The van der Waals surface area contributed by atoms with Crippen molar-refractivity contribution >= 4 is 17.9 Å². The molecule has 5 heterocycles. The van der Waals surface area contributed by atoms with Gasteiger partial charge in [0.25, 0.3) is 0 Å². The number of rotatable bonds is 17. The van der Waals surface area contributed by atoms with Gasteiger partial charge in [-0.2, -0.15) is 10.2 Å². The summed E-state index contributed by atoms with van der Waals surface area (Å²) in [6, 6.07) is 1.63. The first-order chi connectivity index (χ1) is 37.4. The third-order valence-electron chi connectivity index (χ3n) is 16.5. The monoisotopic (exact) mass is 1140 g/mol. The third-order valence-corrected chi connectivity index (χ3v) is 16.5. The van der Waals surface area contributed by atoms with Gasteiger partial charge in [-0.05, 0) is 107 Å². The van der Waals surface area contributed by atoms with E-state index in [2.05, 4.69) is 20.2 Å². The Balaban J connectivity index is 1.35. The van der Waals surface area contributed by atoms with Crippen molar-refractivity contribution in [3.63, 3.8) is 0 Å². The van der Waals surface area contributed by atoms with Crippen LogP contribution in [0.4, 0.5) is 8.78 Å². The summed E-state index contributed by atoms with van der Waals surface area (Å²) in [4.78, 5) is 54.7. The molecule has 3 aliphatic rings. The Morgan fingerprint density at radius 1 is 0.887 bits per heavy atom. The summed E-state index contributed by atoms with van der Waals surface area (Å²) < 4.78 is 83.8. The molecule has 2 aromatic heterocycles. The standard InChI is InChI=1S/C55H86F2N8O15/c1-15-41-54(10,72)47(68)35(6)63(13)24-31(2)22-52(8,71)49(33(4)45(34(5)50(70)76-41)78-44-23-53(9,73-14)48(69)36(7)75-44)79-51-46(40(62(11)12)20-32(3)74-51)77-42(66)18-19-43(67)80-55(25-64-29-58-27-60-64,26-65-30-59-28-61-65)38-17-16-37(56)21-39(38)57/h16-17,21,27-36,40-41,44-49,51,68-69,71-72H,15,18-20,22-26H2,1-14H3/t31-,32-,33+,34-,35-,36+,40+,41-,44+,45+,46-,47-,48+,49-,51+,52-,53-,54-/m1/s1. The SMILES string of the molecule is CC[C@H]1OC(=O)[C@H](C)[C@@H](O[C@H]2C[C@@](C)(OC)[C@@H](O)[C@H](C)O2)[C@H](C)[C@@H](O[C@@H]2O[C@H](C)C[C@H](N(C)C)[C@H]2OC(=O)CCC(=O)OC(Cn2cncn2)(Cn2cncn2)c2ccc(F)cc2F)[C@](C)(O)C[C@@H](C)CN(C)[C@H](C)[C@@H](O)[C@]1(C)O. The van der Waals surface area contributed by atoms with Gasteiger partial charge in [0.1, 0.15) is 60.9 Å². The molecule has 6 rings (SSSR count). The van der Waals surface area contributed by atoms with Crippen molar-refractivity contribution in [2.45, 2.75) is 217 Å². The molecule has 0 unspecified atom stereocenters. The molecule has 450 valence electrons. The summed E-state index contributed by atoms with van der Waals surface area (Å²) in [5.41, 5.74) is -6.96. The first kappa shape index (κ1) is 64.5. The van der Waals surface area contributed by atoms with E-state index in [1.54, 1.807) is 69.6 Å². The molecule has 18 atom stereocenters. The zero-order valence-electron chi connectivity index (χ0n) is 48.7. The van der Waals surface area contributed by atoms with Gasteiger partial charge in [-0.25, -0.2) is 28.1 Å². The van der Waals surface area contributed by atoms with Gasteiger partial charge in [0, 0.05) is 43.7 Å². The summed E-state index contributed by atoms with van der Waals surface area (Å²) in [5.74, 6) is -6.93. The minimum Gasteiger partial charge on any atom is -0.459 e. The summed E-state index contributed by atoms with van der Waals surface area (Å²) in [6.07, 6.45) is -6.45. The number of ether oxygens (including phenoxy) is 8. The van der Waals surface area contributed by atoms with Crippen molar-refractivity contribution in [3.05, 3.63) is 60.7 Å². The van der Waals surface area contributed by atoms with Crippen LogP contribution in [0.15, 0.2) is 43.5 Å². The largest absolute Gasteiger partial charge is 0.459 e. The van der Waals surface area contributed by atoms with Crippen molar-refractivity contribution in [1.82, 2.24) is 39.3 Å². The van der Waals surface area contributed by atoms with Crippen molar-refractivity contribution in [2.24, 2.45) is 17.8 Å². The number of halogens is 2. The van der Waals surface area contributed by atoms with Crippen molar-refractivity contribution in [1.29, 1.82) is 0 Å². The third kappa shape index (κ3) is 15.1. The number of carbonyl (C=O) groups is 3. The van der Waals surface area contributed by atoms with E-state index >= 15 is 4.39 Å². The minimum absolute atomic E-state index is 0.0226. The lowest BCUT2D eigenvalue weighted by molar-refractivity contribution is -0.319. The van der Waals surface area contributed by atoms with Crippen LogP contribution in [-0.2, 0) is 71.0 Å². The molecule has 80 heavy (non-hydrogen) atoms. The van der Waals surface area contributed by atoms with Crippen LogP contribution in [0.3, 0.4) is 0 Å². The van der Waals surface area contributed by atoms with Crippen molar-refractivity contribution in [3.8, 4) is 0 Å². The maximum Gasteiger partial charge on any atom is 0.311 e. The van der Waals surface area contributed by atoms with Crippen LogP contribution in [0.2, 0.25) is 0 Å². The molecule has 3 aromatic rings. The number of nitrogens with zero attached hydrogens (tertiary/aromatic N) is 8. The molecule has 0 bridgehead atoms. The predicted octanol–water partition coefficient (Wildman–Crippen LogP) is 3.53. The summed E-state index contributed by atoms with van der Waals surface area (Å²) in [5, 5.41) is 56.2. The van der Waals surface area contributed by atoms with Gasteiger partial charge in [-0.1, -0.05) is 20.8 Å². The van der Waals surface area contributed by atoms with Crippen molar-refractivity contribution in [2.75, 3.05) is 34.8 Å². The van der Waals surface area contributed by atoms with E-state index < -0.39 is 150 Å². The Labute approximate surface area is 467 Å². The van der Waals surface area contributed by atoms with Crippen LogP contribution < -0.4 is 0 Å². The quantitative estimate of drug-likeness (QED) is 0.111. The second-order valence-electron chi connectivity index (χ2n) is 23.4. The molecular weight excluding hydrogens is 1050 g/mol. The number of methoxy groups -OCH3 is 1. The number of cyclic esters (lactones) is 1. The van der Waals surface area contributed by atoms with Crippen LogP contribution >= 0.6 is 0 Å². The van der Waals surface area contributed by atoms with E-state index in [0.29, 0.717) is 19.0 Å². The van der Waals surface area contributed by atoms with E-state index in [1.807, 2.05) is 23.6 Å². The van der Waals surface area contributed by atoms with Gasteiger partial charge in [0.2, 0.25) is 0 Å². The number of aromatic nitrogens is 6. The Bertz CT molecular complexity index is 2440. The first-order valence-electron chi connectivity index (χ1n) is 27.5. The molecule has 0 radical (unpaired) electrons. The van der Waals surface area contributed by atoms with Crippen molar-refractivity contribution < 1.29 is 81.5 Å². The molecule has 3 fully saturated rings. The van der Waals surface area contributed by atoms with E-state index in [-0.39, 0.29) is 43.8 Å². The summed E-state index contributed by atoms with van der Waals surface area (Å²) in [6.45, 7) is 16.7. The average Bonchev–Trinajstić information content (AvgIpc) is 4.24. The smallest absolute Gasteiger partial charge is 0.311 e. The normalized spacial score (nSPS) is 36.4. The molecule has 3 saturated heterocycles. The number of carbonyl (C=O) groups excluding carboxylic acids is 3. The highest BCUT2D eigenvalue weighted by atomic mass is 19.1. The van der Waals surface area contributed by atoms with Gasteiger partial charge < -0.3 is 68.1 Å². The average molecular weight is 1140 g/mol. The van der Waals surface area contributed by atoms with Gasteiger partial charge in [0.15, 0.2) is 24.3 Å². The topological polar surface area (TPSA) is 274 Å². The van der Waals surface area contributed by atoms with Crippen LogP contribution in [0, 0.1) is 29.4 Å². The molecule has 1 aromatic carbocycles. The highest BCUT2D eigenvalue weighted by molar-refractivity contribution is 5.78. The zero-order chi connectivity index (χ0) is 59.2. The van der Waals surface area contributed by atoms with E-state index in [4.69, 9.17) is 37.9 Å². The Morgan fingerprint density at radius 2 is 1.51 bits per heavy atom. The molecule has 25 heteroatoms. The fourth-order valence-electron chi connectivity index (χ4n) is 11.9. The number of esters is 3. The molecule has 3 aliphatic heterocycles. The lowest BCUT2D eigenvalue weighted by Gasteiger charge is -2.49. The fraction of sp³-hybridized carbons (Fsp3) is 0.764. The Kier molecular flexibility index (Phi) is 21.5. The molecular formula is C55H86F2N8O15. The summed E-state index contributed by atoms with van der Waals surface area (Å²) in [7, 11) is 6.84. The van der Waals surface area contributed by atoms with Crippen LogP contribution in [0.25, 0.3) is 0 Å². The Morgan fingerprint density at radius 3 is 2.08 bits per heavy atom. The van der Waals surface area contributed by atoms with Crippen LogP contribution in [0.5, 0.6) is 0 Å². The van der Waals surface area contributed by atoms with Gasteiger partial charge >= 0.3 is 17.9 Å². The van der Waals surface area contributed by atoms with E-state index in [1.165, 1.54) is 48.7 Å². The number of hydrogen-bond acceptors (Lipinski definition) is 21. The molecule has 0 amide bonds. The maximum absolute atomic E-state index is 15.8. The van der Waals surface area contributed by atoms with Crippen LogP contribution in [0.1, 0.15) is 113 Å². The van der Waals surface area contributed by atoms with Gasteiger partial charge in [0.05, 0.1) is 73.5 Å². The number of likely N-dealkylation sites (N-methyl/N-ethyl adjacent to an activating group) is 2. The summed E-state index contributed by atoms with van der Waals surface area (Å²) >= 11 is 0. The molecule has 4 N–H and O–H groups in total. The fourth-order valence-corrected chi connectivity index (χ4v) is 11.9. The lowest BCUT2D eigenvalue weighted by atomic mass is 9.77. The zero-order valence-corrected chi connectivity index (χ0v) is 48.7. The molecule has 0 saturated carbocycles.